The summed E-state index contributed by atoms with van der Waals surface area (Å²) in [5, 5.41) is 35.7. The molecule has 2 rings (SSSR count). The Morgan fingerprint density at radius 1 is 1.04 bits per heavy atom. The number of amides is 3. The lowest BCUT2D eigenvalue weighted by Crippen LogP contribution is -2.58. The first-order chi connectivity index (χ1) is 12.9. The van der Waals surface area contributed by atoms with E-state index in [1.165, 1.54) is 0 Å². The van der Waals surface area contributed by atoms with Gasteiger partial charge in [-0.15, -0.1) is 0 Å². The van der Waals surface area contributed by atoms with Gasteiger partial charge in [0.15, 0.2) is 0 Å². The summed E-state index contributed by atoms with van der Waals surface area (Å²) in [7, 11) is 0. The molecule has 2 heterocycles. The molecule has 2 fully saturated rings. The lowest BCUT2D eigenvalue weighted by molar-refractivity contribution is -0.150. The quantitative estimate of drug-likeness (QED) is 0.253. The number of hydrogen-bond donors (Lipinski definition) is 6. The van der Waals surface area contributed by atoms with Gasteiger partial charge in [-0.2, -0.15) is 0 Å². The van der Waals surface area contributed by atoms with Crippen molar-refractivity contribution in [2.75, 3.05) is 26.3 Å². The van der Waals surface area contributed by atoms with Crippen LogP contribution in [0, 0.1) is 0 Å². The molecule has 0 spiro atoms. The molecule has 0 aromatic heterocycles. The van der Waals surface area contributed by atoms with Crippen molar-refractivity contribution in [3.63, 3.8) is 0 Å². The van der Waals surface area contributed by atoms with Gasteiger partial charge in [-0.05, 0) is 32.2 Å². The number of nitrogens with zero attached hydrogens (tertiary/aromatic N) is 1. The Morgan fingerprint density at radius 3 is 2.30 bits per heavy atom. The zero-order chi connectivity index (χ0) is 20.0. The minimum Gasteiger partial charge on any atom is -0.480 e. The van der Waals surface area contributed by atoms with Crippen LogP contribution in [0.3, 0.4) is 0 Å². The number of hydrogen-bond acceptors (Lipinski definition) is 7. The molecular weight excluding hydrogens is 360 g/mol. The molecule has 0 aromatic carbocycles. The highest BCUT2D eigenvalue weighted by Gasteiger charge is 2.38. The van der Waals surface area contributed by atoms with Crippen LogP contribution in [0.1, 0.15) is 25.7 Å². The third kappa shape index (κ3) is 5.15. The maximum Gasteiger partial charge on any atom is 0.326 e. The maximum absolute atomic E-state index is 12.5. The predicted molar refractivity (Wildman–Crippen MR) is 91.4 cm³/mol. The highest BCUT2D eigenvalue weighted by Crippen LogP contribution is 2.18. The second-order valence-corrected chi connectivity index (χ2v) is 6.66. The molecule has 4 unspecified atom stereocenters. The van der Waals surface area contributed by atoms with Crippen LogP contribution < -0.4 is 16.0 Å². The van der Waals surface area contributed by atoms with Crippen molar-refractivity contribution in [1.29, 1.82) is 0 Å². The van der Waals surface area contributed by atoms with Gasteiger partial charge in [0.2, 0.25) is 17.7 Å². The minimum atomic E-state index is -1.35. The van der Waals surface area contributed by atoms with Crippen LogP contribution in [-0.2, 0) is 19.2 Å². The number of nitrogens with one attached hydrogen (secondary N) is 3. The second-order valence-electron chi connectivity index (χ2n) is 6.66. The molecule has 0 bridgehead atoms. The fourth-order valence-electron chi connectivity index (χ4n) is 3.32. The maximum atomic E-state index is 12.5. The van der Waals surface area contributed by atoms with Crippen molar-refractivity contribution in [3.8, 4) is 0 Å². The molecule has 6 N–H and O–H groups in total. The molecule has 2 aliphatic heterocycles. The summed E-state index contributed by atoms with van der Waals surface area (Å²) < 4.78 is 0. The first kappa shape index (κ1) is 21.1. The second kappa shape index (κ2) is 9.62. The summed E-state index contributed by atoms with van der Waals surface area (Å²) in [4.78, 5) is 49.2. The molecule has 0 saturated carbocycles. The average molecular weight is 386 g/mol. The van der Waals surface area contributed by atoms with Gasteiger partial charge in [-0.25, -0.2) is 4.79 Å². The number of likely N-dealkylation sites (tertiary alicyclic amines) is 1. The van der Waals surface area contributed by atoms with Gasteiger partial charge < -0.3 is 36.2 Å². The van der Waals surface area contributed by atoms with Crippen molar-refractivity contribution >= 4 is 23.7 Å². The largest absolute Gasteiger partial charge is 0.480 e. The molecule has 0 aromatic rings. The monoisotopic (exact) mass is 386 g/mol. The van der Waals surface area contributed by atoms with Gasteiger partial charge in [0.25, 0.3) is 0 Å². The molecule has 0 radical (unpaired) electrons. The fourth-order valence-corrected chi connectivity index (χ4v) is 3.32. The van der Waals surface area contributed by atoms with E-state index in [-0.39, 0.29) is 6.54 Å². The number of carbonyl (C=O) groups is 4. The smallest absolute Gasteiger partial charge is 0.326 e. The highest BCUT2D eigenvalue weighted by atomic mass is 16.4. The zero-order valence-corrected chi connectivity index (χ0v) is 14.9. The van der Waals surface area contributed by atoms with E-state index in [2.05, 4.69) is 16.0 Å². The van der Waals surface area contributed by atoms with Crippen LogP contribution in [0.5, 0.6) is 0 Å². The van der Waals surface area contributed by atoms with E-state index in [1.54, 1.807) is 0 Å². The third-order valence-electron chi connectivity index (χ3n) is 4.81. The van der Waals surface area contributed by atoms with Gasteiger partial charge in [0.1, 0.15) is 18.1 Å². The number of carbonyl (C=O) groups excluding carboxylic acids is 3. The zero-order valence-electron chi connectivity index (χ0n) is 14.9. The van der Waals surface area contributed by atoms with E-state index in [0.29, 0.717) is 25.8 Å². The number of carboxylic acid groups (broad SMARTS) is 1. The molecular formula is C16H26N4O7. The van der Waals surface area contributed by atoms with Gasteiger partial charge in [-0.3, -0.25) is 14.4 Å². The van der Waals surface area contributed by atoms with Crippen LogP contribution in [0.25, 0.3) is 0 Å². The molecule has 2 aliphatic rings. The summed E-state index contributed by atoms with van der Waals surface area (Å²) in [5.41, 5.74) is 0. The summed E-state index contributed by atoms with van der Waals surface area (Å²) in [6.45, 7) is -0.507. The highest BCUT2D eigenvalue weighted by molar-refractivity contribution is 5.94. The molecule has 3 amide bonds. The molecule has 4 atom stereocenters. The normalized spacial score (nSPS) is 24.3. The number of aliphatic hydroxyl groups is 2. The summed E-state index contributed by atoms with van der Waals surface area (Å²) in [6.07, 6.45) is 2.26. The molecule has 11 heteroatoms. The Balaban J connectivity index is 1.96. The predicted octanol–water partition coefficient (Wildman–Crippen LogP) is -3.23. The fraction of sp³-hybridized carbons (Fsp3) is 0.750. The Hall–Kier alpha value is -2.24. The summed E-state index contributed by atoms with van der Waals surface area (Å²) in [6, 6.07) is -4.07. The minimum absolute atomic E-state index is 0.218. The number of aliphatic hydroxyl groups excluding tert-OH is 2. The first-order valence-corrected chi connectivity index (χ1v) is 8.98. The van der Waals surface area contributed by atoms with Crippen molar-refractivity contribution < 1.29 is 34.5 Å². The van der Waals surface area contributed by atoms with Gasteiger partial charge in [0, 0.05) is 6.54 Å². The Bertz CT molecular complexity index is 579. The van der Waals surface area contributed by atoms with Gasteiger partial charge in [-0.1, -0.05) is 0 Å². The lowest BCUT2D eigenvalue weighted by atomic mass is 10.1. The van der Waals surface area contributed by atoms with E-state index in [1.807, 2.05) is 0 Å². The van der Waals surface area contributed by atoms with Crippen molar-refractivity contribution in [2.45, 2.75) is 49.9 Å². The van der Waals surface area contributed by atoms with Crippen LogP contribution in [0.4, 0.5) is 0 Å². The first-order valence-electron chi connectivity index (χ1n) is 8.98. The number of rotatable bonds is 8. The third-order valence-corrected chi connectivity index (χ3v) is 4.81. The van der Waals surface area contributed by atoms with Crippen molar-refractivity contribution in [3.05, 3.63) is 0 Å². The number of carboxylic acids is 1. The van der Waals surface area contributed by atoms with E-state index in [4.69, 9.17) is 5.11 Å². The standard InChI is InChI=1S/C16H26N4O7/c21-7-10(18-13(23)9-3-1-5-17-9)14(24)19-11(8-22)15(25)20-6-2-4-12(20)16(26)27/h9-12,17,21-22H,1-8H2,(H,18,23)(H,19,24)(H,26,27). The molecule has 11 nitrogen and oxygen atoms in total. The SMILES string of the molecule is O=C(NC(CO)C(=O)NC(CO)C(=O)N1CCCC1C(=O)O)C1CCCN1. The van der Waals surface area contributed by atoms with Crippen LogP contribution in [0.15, 0.2) is 0 Å². The summed E-state index contributed by atoms with van der Waals surface area (Å²) >= 11 is 0. The molecule has 27 heavy (non-hydrogen) atoms. The van der Waals surface area contributed by atoms with E-state index < -0.39 is 61.1 Å². The lowest BCUT2D eigenvalue weighted by Gasteiger charge is -2.27. The average Bonchev–Trinajstić information content (AvgIpc) is 3.34. The molecule has 2 saturated heterocycles. The van der Waals surface area contributed by atoms with E-state index >= 15 is 0 Å². The molecule has 0 aliphatic carbocycles. The van der Waals surface area contributed by atoms with E-state index in [9.17, 15) is 29.4 Å². The van der Waals surface area contributed by atoms with Crippen molar-refractivity contribution in [2.24, 2.45) is 0 Å². The van der Waals surface area contributed by atoms with Crippen LogP contribution in [0.2, 0.25) is 0 Å². The van der Waals surface area contributed by atoms with Gasteiger partial charge in [0.05, 0.1) is 19.3 Å². The Morgan fingerprint density at radius 2 is 1.74 bits per heavy atom. The van der Waals surface area contributed by atoms with Gasteiger partial charge >= 0.3 is 5.97 Å². The molecule has 152 valence electrons. The summed E-state index contributed by atoms with van der Waals surface area (Å²) in [5.74, 6) is -3.12. The Labute approximate surface area is 156 Å². The van der Waals surface area contributed by atoms with Crippen LogP contribution in [-0.4, -0.2) is 94.4 Å². The van der Waals surface area contributed by atoms with Crippen LogP contribution >= 0.6 is 0 Å². The number of aliphatic carboxylic acids is 1. The topological polar surface area (TPSA) is 168 Å². The Kier molecular flexibility index (Phi) is 7.51. The van der Waals surface area contributed by atoms with E-state index in [0.717, 1.165) is 11.3 Å². The van der Waals surface area contributed by atoms with Crippen molar-refractivity contribution in [1.82, 2.24) is 20.9 Å².